The van der Waals surface area contributed by atoms with E-state index in [1.54, 1.807) is 0 Å². The number of nitrogens with zero attached hydrogens (tertiary/aromatic N) is 5. The van der Waals surface area contributed by atoms with Gasteiger partial charge in [-0.3, -0.25) is 4.57 Å². The van der Waals surface area contributed by atoms with Gasteiger partial charge in [0.2, 0.25) is 5.95 Å². The fourth-order valence-corrected chi connectivity index (χ4v) is 9.02. The van der Waals surface area contributed by atoms with Crippen molar-refractivity contribution in [2.75, 3.05) is 0 Å². The van der Waals surface area contributed by atoms with Crippen LogP contribution in [0.15, 0.2) is 212 Å². The Morgan fingerprint density at radius 3 is 1.35 bits per heavy atom. The van der Waals surface area contributed by atoms with Gasteiger partial charge in [-0.25, -0.2) is 4.98 Å². The summed E-state index contributed by atoms with van der Waals surface area (Å²) in [5, 5.41) is 7.10. The Balaban J connectivity index is 1.11. The largest absolute Gasteiger partial charge is 0.309 e. The van der Waals surface area contributed by atoms with Gasteiger partial charge in [0.05, 0.1) is 22.1 Å². The van der Waals surface area contributed by atoms with Crippen molar-refractivity contribution < 1.29 is 0 Å². The molecule has 0 amide bonds. The Labute approximate surface area is 346 Å². The van der Waals surface area contributed by atoms with E-state index in [1.165, 1.54) is 32.8 Å². The monoisotopic (exact) mass is 765 g/mol. The molecule has 5 nitrogen and oxygen atoms in total. The zero-order valence-electron chi connectivity index (χ0n) is 32.4. The molecule has 0 saturated carbocycles. The van der Waals surface area contributed by atoms with Crippen molar-refractivity contribution in [2.45, 2.75) is 0 Å². The fourth-order valence-electron chi connectivity index (χ4n) is 9.02. The molecule has 3 heterocycles. The topological polar surface area (TPSA) is 48.5 Å². The summed E-state index contributed by atoms with van der Waals surface area (Å²) in [5.74, 6) is 1.80. The van der Waals surface area contributed by atoms with Gasteiger partial charge in [-0.05, 0) is 63.9 Å². The maximum Gasteiger partial charge on any atom is 0.238 e. The predicted molar refractivity (Wildman–Crippen MR) is 248 cm³/mol. The zero-order chi connectivity index (χ0) is 39.6. The van der Waals surface area contributed by atoms with Crippen LogP contribution in [0.4, 0.5) is 0 Å². The van der Waals surface area contributed by atoms with Gasteiger partial charge in [-0.15, -0.1) is 0 Å². The standard InChI is InChI=1S/C55H35N5/c1-3-15-36(16-4-1)37-27-29-40(30-28-37)54-56-53(39-17-5-2-6-18-39)57-55(58-54)60-50-26-14-11-23-46(50)47-35-41-19-7-8-20-43(41)51(52(47)60)38-31-33-42(34-32-38)59-48-24-12-9-21-44(48)45-22-10-13-25-49(45)59/h1-35H. The van der Waals surface area contributed by atoms with Crippen LogP contribution >= 0.6 is 0 Å². The number of rotatable bonds is 6. The number of fused-ring (bicyclic) bond motifs is 7. The molecule has 0 spiro atoms. The van der Waals surface area contributed by atoms with E-state index in [1.807, 2.05) is 24.3 Å². The van der Waals surface area contributed by atoms with E-state index in [0.29, 0.717) is 17.6 Å². The molecule has 9 aromatic carbocycles. The summed E-state index contributed by atoms with van der Waals surface area (Å²) in [4.78, 5) is 15.7. The summed E-state index contributed by atoms with van der Waals surface area (Å²) in [6, 6.07) is 75.1. The quantitative estimate of drug-likeness (QED) is 0.169. The summed E-state index contributed by atoms with van der Waals surface area (Å²) in [7, 11) is 0. The minimum absolute atomic E-state index is 0.565. The second-order valence-corrected chi connectivity index (χ2v) is 15.2. The molecule has 0 bridgehead atoms. The van der Waals surface area contributed by atoms with Gasteiger partial charge in [-0.1, -0.05) is 176 Å². The normalized spacial score (nSPS) is 11.7. The lowest BCUT2D eigenvalue weighted by Gasteiger charge is -2.16. The van der Waals surface area contributed by atoms with E-state index in [2.05, 4.69) is 197 Å². The van der Waals surface area contributed by atoms with Gasteiger partial charge in [0.15, 0.2) is 11.6 Å². The average Bonchev–Trinajstić information content (AvgIpc) is 3.84. The Kier molecular flexibility index (Phi) is 7.78. The number of hydrogen-bond donors (Lipinski definition) is 0. The molecule has 60 heavy (non-hydrogen) atoms. The summed E-state index contributed by atoms with van der Waals surface area (Å²) in [6.07, 6.45) is 0. The van der Waals surface area contributed by atoms with Crippen LogP contribution in [0, 0.1) is 0 Å². The van der Waals surface area contributed by atoms with Crippen LogP contribution in [0.25, 0.3) is 111 Å². The lowest BCUT2D eigenvalue weighted by molar-refractivity contribution is 0.954. The molecule has 0 aliphatic carbocycles. The number of aromatic nitrogens is 5. The van der Waals surface area contributed by atoms with Gasteiger partial charge in [0, 0.05) is 43.9 Å². The molecule has 0 N–H and O–H groups in total. The maximum atomic E-state index is 5.33. The van der Waals surface area contributed by atoms with E-state index in [-0.39, 0.29) is 0 Å². The molecule has 0 aliphatic heterocycles. The Hall–Kier alpha value is -8.15. The van der Waals surface area contributed by atoms with Crippen LogP contribution in [-0.4, -0.2) is 24.1 Å². The third-order valence-corrected chi connectivity index (χ3v) is 11.8. The highest BCUT2D eigenvalue weighted by molar-refractivity contribution is 6.21. The Morgan fingerprint density at radius 1 is 0.300 bits per heavy atom. The first-order valence-electron chi connectivity index (χ1n) is 20.3. The van der Waals surface area contributed by atoms with Crippen molar-refractivity contribution in [1.82, 2.24) is 24.1 Å². The Bertz CT molecular complexity index is 3510. The van der Waals surface area contributed by atoms with Crippen LogP contribution < -0.4 is 0 Å². The third kappa shape index (κ3) is 5.44. The molecule has 0 saturated heterocycles. The first-order valence-corrected chi connectivity index (χ1v) is 20.3. The highest BCUT2D eigenvalue weighted by Gasteiger charge is 2.23. The van der Waals surface area contributed by atoms with Crippen LogP contribution in [0.2, 0.25) is 0 Å². The molecule has 3 aromatic heterocycles. The molecule has 0 fully saturated rings. The lowest BCUT2D eigenvalue weighted by atomic mass is 9.94. The predicted octanol–water partition coefficient (Wildman–Crippen LogP) is 13.9. The van der Waals surface area contributed by atoms with E-state index >= 15 is 0 Å². The van der Waals surface area contributed by atoms with Crippen molar-refractivity contribution in [2.24, 2.45) is 0 Å². The third-order valence-electron chi connectivity index (χ3n) is 11.8. The second-order valence-electron chi connectivity index (χ2n) is 15.2. The van der Waals surface area contributed by atoms with Crippen LogP contribution in [0.5, 0.6) is 0 Å². The molecular weight excluding hydrogens is 731 g/mol. The average molecular weight is 766 g/mol. The number of benzene rings is 9. The molecule has 0 radical (unpaired) electrons. The molecule has 12 aromatic rings. The first kappa shape index (κ1) is 33.9. The summed E-state index contributed by atoms with van der Waals surface area (Å²) >= 11 is 0. The van der Waals surface area contributed by atoms with Crippen molar-refractivity contribution in [3.8, 4) is 56.7 Å². The number of hydrogen-bond acceptors (Lipinski definition) is 3. The number of para-hydroxylation sites is 3. The smallest absolute Gasteiger partial charge is 0.238 e. The minimum Gasteiger partial charge on any atom is -0.309 e. The van der Waals surface area contributed by atoms with E-state index < -0.39 is 0 Å². The van der Waals surface area contributed by atoms with Gasteiger partial charge < -0.3 is 4.57 Å². The fraction of sp³-hybridized carbons (Fsp3) is 0. The molecule has 0 unspecified atom stereocenters. The van der Waals surface area contributed by atoms with Gasteiger partial charge in [-0.2, -0.15) is 9.97 Å². The van der Waals surface area contributed by atoms with E-state index in [0.717, 1.165) is 60.7 Å². The molecule has 0 atom stereocenters. The van der Waals surface area contributed by atoms with Crippen LogP contribution in [0.3, 0.4) is 0 Å². The van der Waals surface area contributed by atoms with Crippen molar-refractivity contribution in [3.05, 3.63) is 212 Å². The molecular formula is C55H35N5. The summed E-state index contributed by atoms with van der Waals surface area (Å²) in [5.41, 5.74) is 12.0. The van der Waals surface area contributed by atoms with E-state index in [9.17, 15) is 0 Å². The summed E-state index contributed by atoms with van der Waals surface area (Å²) in [6.45, 7) is 0. The SMILES string of the molecule is c1ccc(-c2ccc(-c3nc(-c4ccccc4)nc(-n4c5ccccc5c5cc6ccccc6c(-c6ccc(-n7c8ccccc8c8ccccc87)cc6)c54)n3)cc2)cc1. The van der Waals surface area contributed by atoms with E-state index in [4.69, 9.17) is 15.0 Å². The molecule has 280 valence electrons. The van der Waals surface area contributed by atoms with Crippen molar-refractivity contribution >= 4 is 54.4 Å². The van der Waals surface area contributed by atoms with Crippen molar-refractivity contribution in [3.63, 3.8) is 0 Å². The van der Waals surface area contributed by atoms with Crippen LogP contribution in [0.1, 0.15) is 0 Å². The van der Waals surface area contributed by atoms with Crippen molar-refractivity contribution in [1.29, 1.82) is 0 Å². The lowest BCUT2D eigenvalue weighted by Crippen LogP contribution is -2.07. The summed E-state index contributed by atoms with van der Waals surface area (Å²) < 4.78 is 4.62. The highest BCUT2D eigenvalue weighted by Crippen LogP contribution is 2.43. The van der Waals surface area contributed by atoms with Gasteiger partial charge in [0.25, 0.3) is 0 Å². The molecule has 0 aliphatic rings. The minimum atomic E-state index is 0.565. The molecule has 5 heteroatoms. The Morgan fingerprint density at radius 2 is 0.733 bits per heavy atom. The molecule has 12 rings (SSSR count). The first-order chi connectivity index (χ1) is 29.8. The maximum absolute atomic E-state index is 5.33. The second kappa shape index (κ2) is 13.8. The highest BCUT2D eigenvalue weighted by atomic mass is 15.2. The van der Waals surface area contributed by atoms with Gasteiger partial charge >= 0.3 is 0 Å². The zero-order valence-corrected chi connectivity index (χ0v) is 32.4. The van der Waals surface area contributed by atoms with Crippen LogP contribution in [-0.2, 0) is 0 Å². The van der Waals surface area contributed by atoms with Gasteiger partial charge in [0.1, 0.15) is 0 Å².